The molecule has 0 unspecified atom stereocenters. The fourth-order valence-electron chi connectivity index (χ4n) is 4.24. The molecule has 1 aromatic heterocycles. The molecule has 1 atom stereocenters. The highest BCUT2D eigenvalue weighted by atomic mass is 16.5. The van der Waals surface area contributed by atoms with E-state index >= 15 is 0 Å². The minimum absolute atomic E-state index is 0.0321. The summed E-state index contributed by atoms with van der Waals surface area (Å²) in [4.78, 5) is 25.2. The quantitative estimate of drug-likeness (QED) is 0.899. The van der Waals surface area contributed by atoms with Crippen LogP contribution in [0.5, 0.6) is 5.75 Å². The largest absolute Gasteiger partial charge is 0.496 e. The standard InChI is InChI=1S/C21H28N4O2/c1-15-7-5-6-11-25(15)21-22-18-14-24(12-10-17(18)20(26)23-21)13-16-8-3-4-9-19(16)27-2/h3-4,8-9,15H,5-7,10-14H2,1-2H3,(H,22,23,26)/t15-/m1/s1. The molecule has 2 aliphatic heterocycles. The highest BCUT2D eigenvalue weighted by Gasteiger charge is 2.25. The van der Waals surface area contributed by atoms with Gasteiger partial charge in [-0.25, -0.2) is 4.98 Å². The van der Waals surface area contributed by atoms with Gasteiger partial charge in [0, 0.05) is 43.3 Å². The average Bonchev–Trinajstić information content (AvgIpc) is 2.68. The number of ether oxygens (including phenoxy) is 1. The number of para-hydroxylation sites is 1. The SMILES string of the molecule is COc1ccccc1CN1CCc2c(nc(N3CCCC[C@H]3C)[nH]c2=O)C1. The number of hydrogen-bond acceptors (Lipinski definition) is 5. The second kappa shape index (κ2) is 7.72. The monoisotopic (exact) mass is 368 g/mol. The zero-order chi connectivity index (χ0) is 18.8. The van der Waals surface area contributed by atoms with Crippen LogP contribution in [0.2, 0.25) is 0 Å². The Morgan fingerprint density at radius 1 is 1.26 bits per heavy atom. The van der Waals surface area contributed by atoms with Crippen LogP contribution >= 0.6 is 0 Å². The Bertz CT molecular complexity index is 864. The summed E-state index contributed by atoms with van der Waals surface area (Å²) in [7, 11) is 1.71. The molecule has 0 spiro atoms. The summed E-state index contributed by atoms with van der Waals surface area (Å²) in [5, 5.41) is 0. The molecule has 2 aromatic rings. The van der Waals surface area contributed by atoms with E-state index in [0.717, 1.165) is 67.4 Å². The third kappa shape index (κ3) is 3.72. The van der Waals surface area contributed by atoms with Crippen LogP contribution in [-0.4, -0.2) is 41.1 Å². The Hall–Kier alpha value is -2.34. The average molecular weight is 368 g/mol. The van der Waals surface area contributed by atoms with Crippen molar-refractivity contribution in [2.75, 3.05) is 25.1 Å². The van der Waals surface area contributed by atoms with Crippen molar-refractivity contribution in [2.24, 2.45) is 0 Å². The van der Waals surface area contributed by atoms with E-state index < -0.39 is 0 Å². The molecular weight excluding hydrogens is 340 g/mol. The number of nitrogens with one attached hydrogen (secondary N) is 1. The summed E-state index contributed by atoms with van der Waals surface area (Å²) in [5.41, 5.74) is 2.97. The van der Waals surface area contributed by atoms with E-state index in [2.05, 4.69) is 27.8 Å². The number of anilines is 1. The van der Waals surface area contributed by atoms with Crippen LogP contribution < -0.4 is 15.2 Å². The predicted molar refractivity (Wildman–Crippen MR) is 106 cm³/mol. The number of aromatic amines is 1. The van der Waals surface area contributed by atoms with Gasteiger partial charge in [-0.1, -0.05) is 18.2 Å². The fourth-order valence-corrected chi connectivity index (χ4v) is 4.24. The molecule has 0 radical (unpaired) electrons. The molecule has 0 saturated carbocycles. The molecule has 0 amide bonds. The summed E-state index contributed by atoms with van der Waals surface area (Å²) in [6.45, 7) is 5.54. The normalized spacial score (nSPS) is 20.4. The van der Waals surface area contributed by atoms with Crippen molar-refractivity contribution in [2.45, 2.75) is 51.7 Å². The molecule has 6 heteroatoms. The van der Waals surface area contributed by atoms with Crippen LogP contribution in [0.3, 0.4) is 0 Å². The number of piperidine rings is 1. The number of fused-ring (bicyclic) bond motifs is 1. The molecule has 1 fully saturated rings. The third-order valence-electron chi connectivity index (χ3n) is 5.80. The van der Waals surface area contributed by atoms with E-state index in [1.54, 1.807) is 7.11 Å². The first-order chi connectivity index (χ1) is 13.2. The molecule has 27 heavy (non-hydrogen) atoms. The lowest BCUT2D eigenvalue weighted by Gasteiger charge is -2.35. The first kappa shape index (κ1) is 18.0. The van der Waals surface area contributed by atoms with Gasteiger partial charge >= 0.3 is 0 Å². The first-order valence-corrected chi connectivity index (χ1v) is 9.88. The van der Waals surface area contributed by atoms with Crippen molar-refractivity contribution in [1.29, 1.82) is 0 Å². The summed E-state index contributed by atoms with van der Waals surface area (Å²) in [6.07, 6.45) is 4.30. The summed E-state index contributed by atoms with van der Waals surface area (Å²) < 4.78 is 5.48. The van der Waals surface area contributed by atoms with E-state index in [-0.39, 0.29) is 5.56 Å². The van der Waals surface area contributed by atoms with E-state index in [0.29, 0.717) is 12.6 Å². The number of methoxy groups -OCH3 is 1. The Labute approximate surface area is 160 Å². The molecule has 3 heterocycles. The fraction of sp³-hybridized carbons (Fsp3) is 0.524. The Morgan fingerprint density at radius 3 is 2.93 bits per heavy atom. The summed E-state index contributed by atoms with van der Waals surface area (Å²) in [6, 6.07) is 8.54. The van der Waals surface area contributed by atoms with Gasteiger partial charge in [-0.15, -0.1) is 0 Å². The van der Waals surface area contributed by atoms with Gasteiger partial charge in [-0.05, 0) is 38.7 Å². The van der Waals surface area contributed by atoms with Gasteiger partial charge in [-0.3, -0.25) is 14.7 Å². The lowest BCUT2D eigenvalue weighted by atomic mass is 10.0. The van der Waals surface area contributed by atoms with E-state index in [1.807, 2.05) is 18.2 Å². The Morgan fingerprint density at radius 2 is 2.11 bits per heavy atom. The highest BCUT2D eigenvalue weighted by Crippen LogP contribution is 2.25. The number of aromatic nitrogens is 2. The van der Waals surface area contributed by atoms with Crippen LogP contribution in [-0.2, 0) is 19.5 Å². The number of hydrogen-bond donors (Lipinski definition) is 1. The molecule has 6 nitrogen and oxygen atoms in total. The minimum Gasteiger partial charge on any atom is -0.496 e. The second-order valence-electron chi connectivity index (χ2n) is 7.63. The predicted octanol–water partition coefficient (Wildman–Crippen LogP) is 2.72. The minimum atomic E-state index is 0.0321. The molecule has 1 saturated heterocycles. The molecule has 1 N–H and O–H groups in total. The van der Waals surface area contributed by atoms with Crippen LogP contribution in [0.4, 0.5) is 5.95 Å². The van der Waals surface area contributed by atoms with Gasteiger partial charge in [0.15, 0.2) is 0 Å². The van der Waals surface area contributed by atoms with Crippen molar-refractivity contribution >= 4 is 5.95 Å². The van der Waals surface area contributed by atoms with Crippen molar-refractivity contribution in [3.63, 3.8) is 0 Å². The van der Waals surface area contributed by atoms with Crippen LogP contribution in [0.1, 0.15) is 43.0 Å². The lowest BCUT2D eigenvalue weighted by Crippen LogP contribution is -2.41. The van der Waals surface area contributed by atoms with Gasteiger partial charge < -0.3 is 9.64 Å². The second-order valence-corrected chi connectivity index (χ2v) is 7.63. The number of H-pyrrole nitrogens is 1. The van der Waals surface area contributed by atoms with Crippen LogP contribution in [0.25, 0.3) is 0 Å². The smallest absolute Gasteiger partial charge is 0.255 e. The first-order valence-electron chi connectivity index (χ1n) is 9.88. The summed E-state index contributed by atoms with van der Waals surface area (Å²) >= 11 is 0. The molecule has 0 bridgehead atoms. The Balaban J connectivity index is 1.57. The zero-order valence-electron chi connectivity index (χ0n) is 16.2. The topological polar surface area (TPSA) is 61.5 Å². The molecular formula is C21H28N4O2. The Kier molecular flexibility index (Phi) is 5.16. The number of nitrogens with zero attached hydrogens (tertiary/aromatic N) is 3. The van der Waals surface area contributed by atoms with Gasteiger partial charge in [0.1, 0.15) is 5.75 Å². The molecule has 144 valence electrons. The van der Waals surface area contributed by atoms with Crippen molar-refractivity contribution in [3.05, 3.63) is 51.4 Å². The maximum absolute atomic E-state index is 12.6. The molecule has 4 rings (SSSR count). The van der Waals surface area contributed by atoms with Gasteiger partial charge in [-0.2, -0.15) is 0 Å². The third-order valence-corrected chi connectivity index (χ3v) is 5.80. The highest BCUT2D eigenvalue weighted by molar-refractivity contribution is 5.37. The molecule has 1 aromatic carbocycles. The van der Waals surface area contributed by atoms with Crippen molar-refractivity contribution in [1.82, 2.24) is 14.9 Å². The van der Waals surface area contributed by atoms with Gasteiger partial charge in [0.05, 0.1) is 12.8 Å². The number of rotatable bonds is 4. The zero-order valence-corrected chi connectivity index (χ0v) is 16.2. The lowest BCUT2D eigenvalue weighted by molar-refractivity contribution is 0.237. The van der Waals surface area contributed by atoms with E-state index in [9.17, 15) is 4.79 Å². The van der Waals surface area contributed by atoms with Crippen molar-refractivity contribution in [3.8, 4) is 5.75 Å². The van der Waals surface area contributed by atoms with Gasteiger partial charge in [0.2, 0.25) is 5.95 Å². The number of benzene rings is 1. The van der Waals surface area contributed by atoms with Gasteiger partial charge in [0.25, 0.3) is 5.56 Å². The van der Waals surface area contributed by atoms with E-state index in [1.165, 1.54) is 6.42 Å². The molecule has 2 aliphatic rings. The molecule has 0 aliphatic carbocycles. The summed E-state index contributed by atoms with van der Waals surface area (Å²) in [5.74, 6) is 1.65. The van der Waals surface area contributed by atoms with Crippen LogP contribution in [0.15, 0.2) is 29.1 Å². The maximum Gasteiger partial charge on any atom is 0.255 e. The maximum atomic E-state index is 12.6. The van der Waals surface area contributed by atoms with Crippen molar-refractivity contribution < 1.29 is 4.74 Å². The van der Waals surface area contributed by atoms with E-state index in [4.69, 9.17) is 9.72 Å². The van der Waals surface area contributed by atoms with Crippen LogP contribution in [0, 0.1) is 0 Å².